The summed E-state index contributed by atoms with van der Waals surface area (Å²) >= 11 is 1.82. The average molecular weight is 494 g/mol. The van der Waals surface area contributed by atoms with Crippen molar-refractivity contribution in [2.75, 3.05) is 0 Å². The first-order chi connectivity index (χ1) is 12.7. The number of hydrogen-bond acceptors (Lipinski definition) is 2. The van der Waals surface area contributed by atoms with Gasteiger partial charge in [0, 0.05) is 12.4 Å². The number of alkyl halides is 6. The Balaban J connectivity index is 0.000000441. The molecule has 146 valence electrons. The summed E-state index contributed by atoms with van der Waals surface area (Å²) in [6, 6.07) is 3.69. The molecule has 2 aromatic heterocycles. The van der Waals surface area contributed by atoms with Gasteiger partial charge in [0.2, 0.25) is 0 Å². The third-order valence-electron chi connectivity index (χ3n) is 3.00. The molecule has 0 aliphatic heterocycles. The Labute approximate surface area is 167 Å². The van der Waals surface area contributed by atoms with Crippen LogP contribution < -0.4 is 0 Å². The van der Waals surface area contributed by atoms with Gasteiger partial charge in [-0.2, -0.15) is 26.3 Å². The molecule has 0 saturated heterocycles. The van der Waals surface area contributed by atoms with Crippen molar-refractivity contribution in [2.45, 2.75) is 12.4 Å². The van der Waals surface area contributed by atoms with Crippen LogP contribution in [0.1, 0.15) is 11.1 Å². The topological polar surface area (TPSA) is 25.8 Å². The summed E-state index contributed by atoms with van der Waals surface area (Å²) < 4.78 is 74.0. The number of rotatable bonds is 1. The zero-order chi connectivity index (χ0) is 20.5. The second kappa shape index (κ2) is 11.0. The Morgan fingerprint density at radius 1 is 0.593 bits per heavy atom. The van der Waals surface area contributed by atoms with Gasteiger partial charge in [-0.05, 0) is 56.4 Å². The number of hydrogen-bond donors (Lipinski definition) is 0. The van der Waals surface area contributed by atoms with Crippen LogP contribution >= 0.6 is 9.69 Å². The molecule has 10 heteroatoms. The Morgan fingerprint density at radius 3 is 1.07 bits per heavy atom. The van der Waals surface area contributed by atoms with E-state index in [1.54, 1.807) is 0 Å². The van der Waals surface area contributed by atoms with Crippen molar-refractivity contribution in [3.05, 3.63) is 79.9 Å². The molecule has 3 rings (SSSR count). The van der Waals surface area contributed by atoms with E-state index in [4.69, 9.17) is 0 Å². The molecule has 1 saturated carbocycles. The van der Waals surface area contributed by atoms with Crippen LogP contribution in [0.3, 0.4) is 0 Å². The van der Waals surface area contributed by atoms with Crippen molar-refractivity contribution in [3.63, 3.8) is 0 Å². The molecule has 2 heterocycles. The van der Waals surface area contributed by atoms with Gasteiger partial charge < -0.3 is 0 Å². The molecular weight excluding hydrogens is 483 g/mol. The molecule has 0 unspecified atom stereocenters. The summed E-state index contributed by atoms with van der Waals surface area (Å²) in [4.78, 5) is 7.09. The van der Waals surface area contributed by atoms with Gasteiger partial charge in [-0.3, -0.25) is 9.97 Å². The minimum atomic E-state index is -4.51. The van der Waals surface area contributed by atoms with Crippen molar-refractivity contribution in [3.8, 4) is 11.4 Å². The van der Waals surface area contributed by atoms with Crippen molar-refractivity contribution in [1.82, 2.24) is 9.97 Å². The first-order valence-electron chi connectivity index (χ1n) is 7.05. The minimum absolute atomic E-state index is 0.0618. The van der Waals surface area contributed by atoms with E-state index in [1.807, 2.05) is 49.4 Å². The summed E-state index contributed by atoms with van der Waals surface area (Å²) in [5, 5.41) is 0. The summed E-state index contributed by atoms with van der Waals surface area (Å²) in [5.74, 6) is 0. The summed E-state index contributed by atoms with van der Waals surface area (Å²) in [6.45, 7) is 0. The molecule has 0 atom stereocenters. The number of halogens is 7. The van der Waals surface area contributed by atoms with Gasteiger partial charge in [-0.25, -0.2) is 0 Å². The fourth-order valence-corrected chi connectivity index (χ4v) is 1.75. The third kappa shape index (κ3) is 8.13. The van der Waals surface area contributed by atoms with Crippen LogP contribution in [0.2, 0.25) is 0 Å². The Morgan fingerprint density at radius 2 is 0.889 bits per heavy atom. The molecule has 27 heavy (non-hydrogen) atoms. The third-order valence-corrected chi connectivity index (χ3v) is 3.00. The van der Waals surface area contributed by atoms with Crippen LogP contribution in [-0.2, 0) is 29.7 Å². The van der Waals surface area contributed by atoms with E-state index in [2.05, 4.69) is 19.7 Å². The van der Waals surface area contributed by atoms with Crippen molar-refractivity contribution in [2.24, 2.45) is 0 Å². The standard InChI is InChI=1S/C12H6F6N2.C5H5.ClH.Ru/c13-11(14,15)7-1-3-9(19-5-7)10-4-2-8(6-20-10)12(16,17)18;1-2-4-5-3-1;;/h1-6H;1-5H;1H;/q;;;+1/p-1. The van der Waals surface area contributed by atoms with Crippen LogP contribution in [0.25, 0.3) is 11.4 Å². The molecule has 0 aromatic carbocycles. The first kappa shape index (κ1) is 23.8. The molecule has 0 bridgehead atoms. The molecule has 0 spiro atoms. The zero-order valence-electron chi connectivity index (χ0n) is 13.2. The van der Waals surface area contributed by atoms with E-state index in [-0.39, 0.29) is 11.4 Å². The molecule has 0 amide bonds. The fourth-order valence-electron chi connectivity index (χ4n) is 1.75. The second-order valence-corrected chi connectivity index (χ2v) is 4.82. The van der Waals surface area contributed by atoms with E-state index < -0.39 is 23.5 Å². The SMILES string of the molecule is FC(F)(F)c1ccc(-c2ccc(C(F)(F)F)cn2)nc1.[CH]1[CH][CH][CH][CH]1.[Cl][Ru]. The van der Waals surface area contributed by atoms with E-state index in [0.717, 1.165) is 24.3 Å². The summed E-state index contributed by atoms with van der Waals surface area (Å²) in [6.07, 6.45) is 2.18. The fraction of sp³-hybridized carbons (Fsp3) is 0.118. The molecular formula is C17H11ClF6N2Ru. The van der Waals surface area contributed by atoms with Gasteiger partial charge in [0.05, 0.1) is 22.5 Å². The van der Waals surface area contributed by atoms with E-state index in [1.165, 1.54) is 0 Å². The molecule has 2 nitrogen and oxygen atoms in total. The van der Waals surface area contributed by atoms with Gasteiger partial charge in [-0.1, -0.05) is 0 Å². The number of nitrogens with zero attached hydrogens (tertiary/aromatic N) is 2. The van der Waals surface area contributed by atoms with Gasteiger partial charge in [0.25, 0.3) is 0 Å². The quantitative estimate of drug-likeness (QED) is 0.366. The zero-order valence-corrected chi connectivity index (χ0v) is 15.7. The normalized spacial score (nSPS) is 13.9. The summed E-state index contributed by atoms with van der Waals surface area (Å²) in [7, 11) is 4.57. The number of pyridine rings is 2. The molecule has 5 radical (unpaired) electrons. The molecule has 2 aromatic rings. The van der Waals surface area contributed by atoms with Crippen molar-refractivity contribution < 1.29 is 43.7 Å². The van der Waals surface area contributed by atoms with Gasteiger partial charge in [0.1, 0.15) is 0 Å². The molecule has 1 fully saturated rings. The van der Waals surface area contributed by atoms with E-state index in [0.29, 0.717) is 12.4 Å². The Bertz CT molecular complexity index is 605. The van der Waals surface area contributed by atoms with Crippen LogP contribution in [0.4, 0.5) is 26.3 Å². The van der Waals surface area contributed by atoms with Crippen LogP contribution in [0.5, 0.6) is 0 Å². The number of aromatic nitrogens is 2. The van der Waals surface area contributed by atoms with Gasteiger partial charge in [-0.15, -0.1) is 0 Å². The predicted octanol–water partition coefficient (Wildman–Crippen LogP) is 5.89. The molecule has 1 aliphatic rings. The van der Waals surface area contributed by atoms with Crippen molar-refractivity contribution >= 4 is 9.69 Å². The van der Waals surface area contributed by atoms with Gasteiger partial charge in [0.15, 0.2) is 0 Å². The van der Waals surface area contributed by atoms with Gasteiger partial charge >= 0.3 is 39.4 Å². The van der Waals surface area contributed by atoms with Crippen molar-refractivity contribution in [1.29, 1.82) is 0 Å². The maximum absolute atomic E-state index is 12.3. The Kier molecular flexibility index (Phi) is 9.67. The second-order valence-electron chi connectivity index (χ2n) is 4.82. The van der Waals surface area contributed by atoms with E-state index >= 15 is 0 Å². The molecule has 1 aliphatic carbocycles. The molecule has 0 N–H and O–H groups in total. The monoisotopic (exact) mass is 494 g/mol. The van der Waals surface area contributed by atoms with Crippen LogP contribution in [0, 0.1) is 32.1 Å². The Hall–Kier alpha value is -1.21. The van der Waals surface area contributed by atoms with E-state index in [9.17, 15) is 26.3 Å². The maximum atomic E-state index is 12.3. The van der Waals surface area contributed by atoms with Crippen LogP contribution in [0.15, 0.2) is 36.7 Å². The predicted molar refractivity (Wildman–Crippen MR) is 84.8 cm³/mol. The summed E-state index contributed by atoms with van der Waals surface area (Å²) in [5.41, 5.74) is -1.75. The first-order valence-corrected chi connectivity index (χ1v) is 9.28. The van der Waals surface area contributed by atoms with Crippen LogP contribution in [-0.4, -0.2) is 9.97 Å². The average Bonchev–Trinajstić information content (AvgIpc) is 3.22.